The molecule has 0 amide bonds. The maximum atomic E-state index is 13.4. The monoisotopic (exact) mass is 639 g/mol. The number of nitrogens with one attached hydrogen (secondary N) is 1. The van der Waals surface area contributed by atoms with Gasteiger partial charge in [-0.25, -0.2) is 13.4 Å². The molecule has 0 saturated carbocycles. The number of oxazole rings is 1. The average Bonchev–Trinajstić information content (AvgIpc) is 3.85. The van der Waals surface area contributed by atoms with Crippen molar-refractivity contribution in [1.29, 1.82) is 0 Å². The standard InChI is InChI=1S/C29H27N5O4S.C2HF3O/c35-28(20-2-1-3-25(10-20)33-15-22-12-30-13-23(22)16-33)27-11-21-17-34(18-24(21)14-32-27)39(36,37)26-6-4-19(5-7-26)29-31-8-9-38-29;3-2(4,5)1-6/h1-11,14,28,30,35H,12-13,15-18H2;1H. The van der Waals surface area contributed by atoms with Gasteiger partial charge in [0.05, 0.1) is 16.8 Å². The first-order valence-electron chi connectivity index (χ1n) is 14.0. The highest BCUT2D eigenvalue weighted by atomic mass is 32.2. The zero-order chi connectivity index (χ0) is 31.8. The predicted octanol–water partition coefficient (Wildman–Crippen LogP) is 3.99. The summed E-state index contributed by atoms with van der Waals surface area (Å²) in [5, 5.41) is 14.6. The lowest BCUT2D eigenvalue weighted by Crippen LogP contribution is -2.26. The van der Waals surface area contributed by atoms with Crippen molar-refractivity contribution in [3.63, 3.8) is 0 Å². The lowest BCUT2D eigenvalue weighted by atomic mass is 10.0. The normalized spacial score (nSPS) is 17.1. The molecule has 5 heterocycles. The van der Waals surface area contributed by atoms with Crippen LogP contribution in [0, 0.1) is 0 Å². The van der Waals surface area contributed by atoms with Crippen LogP contribution in [0.15, 0.2) is 93.7 Å². The van der Waals surface area contributed by atoms with Crippen molar-refractivity contribution in [2.45, 2.75) is 30.3 Å². The summed E-state index contributed by atoms with van der Waals surface area (Å²) in [5.41, 5.74) is 7.67. The Labute approximate surface area is 256 Å². The minimum Gasteiger partial charge on any atom is -0.445 e. The molecule has 3 aliphatic rings. The van der Waals surface area contributed by atoms with Gasteiger partial charge in [-0.3, -0.25) is 9.78 Å². The molecule has 4 aromatic rings. The van der Waals surface area contributed by atoms with Gasteiger partial charge < -0.3 is 19.7 Å². The third-order valence-electron chi connectivity index (χ3n) is 7.87. The van der Waals surface area contributed by atoms with Gasteiger partial charge in [-0.05, 0) is 70.3 Å². The molecule has 1 unspecified atom stereocenters. The van der Waals surface area contributed by atoms with Crippen molar-refractivity contribution < 1.29 is 35.9 Å². The second-order valence-corrected chi connectivity index (χ2v) is 12.8. The van der Waals surface area contributed by atoms with E-state index in [2.05, 4.69) is 26.3 Å². The van der Waals surface area contributed by atoms with E-state index in [1.54, 1.807) is 36.7 Å². The van der Waals surface area contributed by atoms with Crippen molar-refractivity contribution in [2.24, 2.45) is 0 Å². The number of rotatable bonds is 6. The number of alkyl halides is 3. The lowest BCUT2D eigenvalue weighted by molar-refractivity contribution is -0.156. The molecule has 0 radical (unpaired) electrons. The van der Waals surface area contributed by atoms with Gasteiger partial charge in [0.25, 0.3) is 0 Å². The van der Waals surface area contributed by atoms with E-state index in [4.69, 9.17) is 9.21 Å². The van der Waals surface area contributed by atoms with Gasteiger partial charge in [0.2, 0.25) is 22.2 Å². The second-order valence-electron chi connectivity index (χ2n) is 10.8. The molecule has 0 bridgehead atoms. The summed E-state index contributed by atoms with van der Waals surface area (Å²) in [5.74, 6) is 0.438. The van der Waals surface area contributed by atoms with Crippen molar-refractivity contribution in [3.8, 4) is 11.5 Å². The SMILES string of the molecule is O=CC(F)(F)F.O=S(=O)(c1ccc(-c2ncco2)cc1)N1Cc2cnc(C(O)c3cccc(N4CC5=C(CNC5)C4)c3)cc2C1. The Kier molecular flexibility index (Phi) is 8.31. The molecule has 0 spiro atoms. The molecule has 2 aromatic carbocycles. The molecule has 2 aromatic heterocycles. The summed E-state index contributed by atoms with van der Waals surface area (Å²) in [6.45, 7) is 4.18. The summed E-state index contributed by atoms with van der Waals surface area (Å²) in [7, 11) is -3.72. The number of carbonyl (C=O) groups excluding carboxylic acids is 1. The molecule has 10 nitrogen and oxygen atoms in total. The molecule has 45 heavy (non-hydrogen) atoms. The van der Waals surface area contributed by atoms with E-state index in [-0.39, 0.29) is 18.0 Å². The third-order valence-corrected chi connectivity index (χ3v) is 9.68. The quantitative estimate of drug-likeness (QED) is 0.238. The molecule has 234 valence electrons. The number of halogens is 3. The van der Waals surface area contributed by atoms with Gasteiger partial charge in [-0.15, -0.1) is 0 Å². The Hall–Kier alpha value is -4.37. The zero-order valence-corrected chi connectivity index (χ0v) is 24.6. The van der Waals surface area contributed by atoms with Crippen LogP contribution in [0.4, 0.5) is 18.9 Å². The Morgan fingerprint density at radius 2 is 1.64 bits per heavy atom. The summed E-state index contributed by atoms with van der Waals surface area (Å²) in [6.07, 6.45) is -1.90. The van der Waals surface area contributed by atoms with Crippen LogP contribution < -0.4 is 10.2 Å². The largest absolute Gasteiger partial charge is 0.446 e. The van der Waals surface area contributed by atoms with E-state index in [1.165, 1.54) is 21.7 Å². The predicted molar refractivity (Wildman–Crippen MR) is 157 cm³/mol. The van der Waals surface area contributed by atoms with Crippen LogP contribution >= 0.6 is 0 Å². The number of benzene rings is 2. The van der Waals surface area contributed by atoms with E-state index >= 15 is 0 Å². The Morgan fingerprint density at radius 3 is 2.29 bits per heavy atom. The number of sulfonamides is 1. The van der Waals surface area contributed by atoms with E-state index < -0.39 is 28.6 Å². The van der Waals surface area contributed by atoms with Gasteiger partial charge in [-0.1, -0.05) is 12.1 Å². The van der Waals surface area contributed by atoms with Crippen LogP contribution in [0.1, 0.15) is 28.5 Å². The third kappa shape index (κ3) is 6.54. The first kappa shape index (κ1) is 30.6. The van der Waals surface area contributed by atoms with Crippen molar-refractivity contribution >= 4 is 22.0 Å². The molecule has 1 atom stereocenters. The molecular formula is C31H28F3N5O5S. The minimum atomic E-state index is -4.64. The van der Waals surface area contributed by atoms with E-state index in [1.807, 2.05) is 24.3 Å². The van der Waals surface area contributed by atoms with Gasteiger partial charge >= 0.3 is 6.18 Å². The summed E-state index contributed by atoms with van der Waals surface area (Å²) in [4.78, 5) is 19.8. The van der Waals surface area contributed by atoms with Crippen molar-refractivity contribution in [2.75, 3.05) is 31.1 Å². The Morgan fingerprint density at radius 1 is 0.956 bits per heavy atom. The maximum absolute atomic E-state index is 13.4. The van der Waals surface area contributed by atoms with Crippen LogP contribution in [-0.4, -0.2) is 66.4 Å². The molecule has 0 saturated heterocycles. The zero-order valence-electron chi connectivity index (χ0n) is 23.7. The first-order valence-corrected chi connectivity index (χ1v) is 15.4. The van der Waals surface area contributed by atoms with Gasteiger partial charge in [0.15, 0.2) is 0 Å². The molecule has 7 rings (SSSR count). The summed E-state index contributed by atoms with van der Waals surface area (Å²) < 4.78 is 64.7. The summed E-state index contributed by atoms with van der Waals surface area (Å²) in [6, 6.07) is 16.3. The highest BCUT2D eigenvalue weighted by Crippen LogP contribution is 2.33. The number of anilines is 1. The van der Waals surface area contributed by atoms with Crippen molar-refractivity contribution in [1.82, 2.24) is 19.6 Å². The maximum Gasteiger partial charge on any atom is 0.446 e. The molecule has 0 fully saturated rings. The van der Waals surface area contributed by atoms with E-state index in [0.29, 0.717) is 17.1 Å². The summed E-state index contributed by atoms with van der Waals surface area (Å²) >= 11 is 0. The number of aliphatic hydroxyl groups is 1. The first-order chi connectivity index (χ1) is 21.5. The number of aliphatic hydroxyl groups excluding tert-OH is 1. The molecule has 14 heteroatoms. The van der Waals surface area contributed by atoms with Crippen molar-refractivity contribution in [3.05, 3.63) is 107 Å². The highest BCUT2D eigenvalue weighted by molar-refractivity contribution is 7.89. The number of hydrogen-bond donors (Lipinski definition) is 2. The van der Waals surface area contributed by atoms with Crippen LogP contribution in [0.3, 0.4) is 0 Å². The van der Waals surface area contributed by atoms with E-state index in [9.17, 15) is 26.7 Å². The topological polar surface area (TPSA) is 129 Å². The van der Waals surface area contributed by atoms with Gasteiger partial charge in [0.1, 0.15) is 12.4 Å². The second kappa shape index (κ2) is 12.2. The minimum absolute atomic E-state index is 0.203. The number of pyridine rings is 1. The highest BCUT2D eigenvalue weighted by Gasteiger charge is 2.32. The van der Waals surface area contributed by atoms with Crippen LogP contribution in [0.2, 0.25) is 0 Å². The fraction of sp³-hybridized carbons (Fsp3) is 0.258. The average molecular weight is 640 g/mol. The Bertz CT molecular complexity index is 1830. The molecule has 2 N–H and O–H groups in total. The van der Waals surface area contributed by atoms with Gasteiger partial charge in [0, 0.05) is 56.7 Å². The number of hydrogen-bond acceptors (Lipinski definition) is 9. The van der Waals surface area contributed by atoms with Gasteiger partial charge in [-0.2, -0.15) is 17.5 Å². The molecule has 3 aliphatic heterocycles. The number of carbonyl (C=O) groups is 1. The fourth-order valence-corrected chi connectivity index (χ4v) is 6.98. The number of aromatic nitrogens is 2. The van der Waals surface area contributed by atoms with E-state index in [0.717, 1.165) is 48.6 Å². The fourth-order valence-electron chi connectivity index (χ4n) is 5.58. The number of fused-ring (bicyclic) bond motifs is 1. The smallest absolute Gasteiger partial charge is 0.445 e. The molecule has 0 aliphatic carbocycles. The number of aldehydes is 1. The molecular weight excluding hydrogens is 611 g/mol. The lowest BCUT2D eigenvalue weighted by Gasteiger charge is -2.22. The number of nitrogens with zero attached hydrogens (tertiary/aromatic N) is 4. The van der Waals surface area contributed by atoms with Crippen LogP contribution in [0.5, 0.6) is 0 Å². The van der Waals surface area contributed by atoms with Crippen LogP contribution in [0.25, 0.3) is 11.5 Å². The van der Waals surface area contributed by atoms with Crippen LogP contribution in [-0.2, 0) is 27.9 Å². The Balaban J connectivity index is 0.000000545.